The van der Waals surface area contributed by atoms with Crippen LogP contribution in [0.3, 0.4) is 0 Å². The molecule has 2 aliphatic carbocycles. The molecular weight excluding hydrogens is 243 g/mol. The fraction of sp³-hybridized carbons (Fsp3) is 1.00. The summed E-state index contributed by atoms with van der Waals surface area (Å²) in [6, 6.07) is 0.0562. The minimum atomic E-state index is -4.53. The van der Waals surface area contributed by atoms with Crippen LogP contribution in [0.1, 0.15) is 40.0 Å². The predicted octanol–water partition coefficient (Wildman–Crippen LogP) is 2.71. The third-order valence-corrected chi connectivity index (χ3v) is 5.16. The van der Waals surface area contributed by atoms with Gasteiger partial charge in [-0.3, -0.25) is 0 Å². The minimum absolute atomic E-state index is 0.0122. The molecule has 0 amide bonds. The van der Waals surface area contributed by atoms with E-state index in [2.05, 4.69) is 26.1 Å². The van der Waals surface area contributed by atoms with Gasteiger partial charge in [0.1, 0.15) is 0 Å². The van der Waals surface area contributed by atoms with Gasteiger partial charge in [-0.1, -0.05) is 20.8 Å². The molecular formula is C13H22F3NO. The smallest absolute Gasteiger partial charge is 0.382 e. The number of nitrogens with one attached hydrogen (secondary N) is 1. The standard InChI is InChI=1S/C13H22F3NO/c1-11(2)8-4-5-12(3,6-8)10(11)17-7-9(18)13(14,15)16/h8-10,17-18H,4-7H2,1-3H3. The summed E-state index contributed by atoms with van der Waals surface area (Å²) in [5.41, 5.74) is 0.0950. The molecule has 2 N–H and O–H groups in total. The van der Waals surface area contributed by atoms with Crippen molar-refractivity contribution in [2.24, 2.45) is 16.7 Å². The molecule has 2 rings (SSSR count). The van der Waals surface area contributed by atoms with Gasteiger partial charge in [0.15, 0.2) is 6.10 Å². The van der Waals surface area contributed by atoms with Crippen molar-refractivity contribution < 1.29 is 18.3 Å². The molecule has 0 aromatic rings. The summed E-state index contributed by atoms with van der Waals surface area (Å²) in [4.78, 5) is 0. The van der Waals surface area contributed by atoms with Crippen molar-refractivity contribution in [3.63, 3.8) is 0 Å². The summed E-state index contributed by atoms with van der Waals surface area (Å²) in [6.45, 7) is 6.00. The summed E-state index contributed by atoms with van der Waals surface area (Å²) >= 11 is 0. The van der Waals surface area contributed by atoms with E-state index in [0.29, 0.717) is 5.92 Å². The van der Waals surface area contributed by atoms with Gasteiger partial charge in [-0.05, 0) is 36.0 Å². The number of hydrogen-bond donors (Lipinski definition) is 2. The molecule has 2 nitrogen and oxygen atoms in total. The molecule has 2 bridgehead atoms. The Morgan fingerprint density at radius 3 is 2.39 bits per heavy atom. The van der Waals surface area contributed by atoms with E-state index >= 15 is 0 Å². The topological polar surface area (TPSA) is 32.3 Å². The lowest BCUT2D eigenvalue weighted by Crippen LogP contribution is -2.53. The SMILES string of the molecule is CC12CCC(C1)C(C)(C)C2NCC(O)C(F)(F)F. The van der Waals surface area contributed by atoms with E-state index in [0.717, 1.165) is 12.8 Å². The Labute approximate surface area is 106 Å². The quantitative estimate of drug-likeness (QED) is 0.822. The van der Waals surface area contributed by atoms with Gasteiger partial charge >= 0.3 is 6.18 Å². The summed E-state index contributed by atoms with van der Waals surface area (Å²) in [5.74, 6) is 0.586. The van der Waals surface area contributed by atoms with Crippen LogP contribution >= 0.6 is 0 Å². The van der Waals surface area contributed by atoms with Crippen molar-refractivity contribution in [3.8, 4) is 0 Å². The van der Waals surface area contributed by atoms with E-state index in [9.17, 15) is 13.2 Å². The Kier molecular flexibility index (Phi) is 3.22. The Bertz CT molecular complexity index is 324. The molecule has 0 aromatic heterocycles. The minimum Gasteiger partial charge on any atom is -0.382 e. The molecule has 0 spiro atoms. The lowest BCUT2D eigenvalue weighted by atomic mass is 9.68. The predicted molar refractivity (Wildman–Crippen MR) is 63.1 cm³/mol. The van der Waals surface area contributed by atoms with E-state index in [-0.39, 0.29) is 16.9 Å². The molecule has 4 unspecified atom stereocenters. The third kappa shape index (κ3) is 2.16. The molecule has 0 saturated heterocycles. The maximum absolute atomic E-state index is 12.3. The molecule has 0 heterocycles. The normalized spacial score (nSPS) is 40.2. The first kappa shape index (κ1) is 14.1. The van der Waals surface area contributed by atoms with Gasteiger partial charge < -0.3 is 10.4 Å². The number of alkyl halides is 3. The largest absolute Gasteiger partial charge is 0.415 e. The van der Waals surface area contributed by atoms with Gasteiger partial charge in [-0.15, -0.1) is 0 Å². The highest BCUT2D eigenvalue weighted by atomic mass is 19.4. The monoisotopic (exact) mass is 265 g/mol. The van der Waals surface area contributed by atoms with Gasteiger partial charge in [-0.25, -0.2) is 0 Å². The first-order valence-electron chi connectivity index (χ1n) is 6.55. The molecule has 4 atom stereocenters. The molecule has 0 radical (unpaired) electrons. The maximum atomic E-state index is 12.3. The zero-order chi connectivity index (χ0) is 13.8. The van der Waals surface area contributed by atoms with Crippen molar-refractivity contribution in [2.75, 3.05) is 6.54 Å². The van der Waals surface area contributed by atoms with E-state index < -0.39 is 18.8 Å². The van der Waals surface area contributed by atoms with Crippen molar-refractivity contribution in [1.29, 1.82) is 0 Å². The van der Waals surface area contributed by atoms with Crippen LogP contribution in [0.2, 0.25) is 0 Å². The van der Waals surface area contributed by atoms with Gasteiger partial charge in [0.05, 0.1) is 0 Å². The molecule has 0 aliphatic heterocycles. The van der Waals surface area contributed by atoms with Crippen LogP contribution in [0, 0.1) is 16.7 Å². The van der Waals surface area contributed by atoms with Crippen molar-refractivity contribution >= 4 is 0 Å². The maximum Gasteiger partial charge on any atom is 0.415 e. The van der Waals surface area contributed by atoms with Crippen LogP contribution in [0.4, 0.5) is 13.2 Å². The van der Waals surface area contributed by atoms with Crippen LogP contribution in [0.15, 0.2) is 0 Å². The van der Waals surface area contributed by atoms with Gasteiger partial charge in [-0.2, -0.15) is 13.2 Å². The van der Waals surface area contributed by atoms with E-state index in [1.807, 2.05) is 0 Å². The van der Waals surface area contributed by atoms with Gasteiger partial charge in [0.2, 0.25) is 0 Å². The average Bonchev–Trinajstić information content (AvgIpc) is 2.66. The van der Waals surface area contributed by atoms with Crippen LogP contribution in [-0.4, -0.2) is 30.0 Å². The lowest BCUT2D eigenvalue weighted by molar-refractivity contribution is -0.203. The Balaban J connectivity index is 2.01. The van der Waals surface area contributed by atoms with E-state index in [4.69, 9.17) is 5.11 Å². The highest BCUT2D eigenvalue weighted by Gasteiger charge is 2.59. The van der Waals surface area contributed by atoms with Crippen LogP contribution < -0.4 is 5.32 Å². The first-order valence-corrected chi connectivity index (χ1v) is 6.55. The number of hydrogen-bond acceptors (Lipinski definition) is 2. The molecule has 2 saturated carbocycles. The van der Waals surface area contributed by atoms with Gasteiger partial charge in [0, 0.05) is 12.6 Å². The van der Waals surface area contributed by atoms with Crippen LogP contribution in [0.5, 0.6) is 0 Å². The van der Waals surface area contributed by atoms with Crippen LogP contribution in [0.25, 0.3) is 0 Å². The fourth-order valence-corrected chi connectivity index (χ4v) is 4.16. The molecule has 18 heavy (non-hydrogen) atoms. The second-order valence-corrected chi connectivity index (χ2v) is 6.81. The molecule has 0 aromatic carbocycles. The van der Waals surface area contributed by atoms with E-state index in [1.165, 1.54) is 6.42 Å². The van der Waals surface area contributed by atoms with Crippen molar-refractivity contribution in [3.05, 3.63) is 0 Å². The fourth-order valence-electron chi connectivity index (χ4n) is 4.16. The zero-order valence-electron chi connectivity index (χ0n) is 11.1. The van der Waals surface area contributed by atoms with Gasteiger partial charge in [0.25, 0.3) is 0 Å². The lowest BCUT2D eigenvalue weighted by Gasteiger charge is -2.43. The summed E-state index contributed by atoms with van der Waals surface area (Å²) < 4.78 is 36.9. The molecule has 2 aliphatic rings. The molecule has 5 heteroatoms. The number of fused-ring (bicyclic) bond motifs is 2. The zero-order valence-corrected chi connectivity index (χ0v) is 11.1. The van der Waals surface area contributed by atoms with Crippen LogP contribution in [-0.2, 0) is 0 Å². The summed E-state index contributed by atoms with van der Waals surface area (Å²) in [6.07, 6.45) is -3.48. The average molecular weight is 265 g/mol. The number of halogens is 3. The first-order chi connectivity index (χ1) is 8.07. The summed E-state index contributed by atoms with van der Waals surface area (Å²) in [5, 5.41) is 12.1. The second-order valence-electron chi connectivity index (χ2n) is 6.81. The van der Waals surface area contributed by atoms with Crippen molar-refractivity contribution in [2.45, 2.75) is 58.4 Å². The molecule has 2 fully saturated rings. The van der Waals surface area contributed by atoms with E-state index in [1.54, 1.807) is 0 Å². The summed E-state index contributed by atoms with van der Waals surface area (Å²) in [7, 11) is 0. The third-order valence-electron chi connectivity index (χ3n) is 5.16. The number of rotatable bonds is 3. The highest BCUT2D eigenvalue weighted by molar-refractivity contribution is 5.12. The number of aliphatic hydroxyl groups excluding tert-OH is 1. The molecule has 106 valence electrons. The highest BCUT2D eigenvalue weighted by Crippen LogP contribution is 2.62. The Morgan fingerprint density at radius 2 is 1.94 bits per heavy atom. The van der Waals surface area contributed by atoms with Crippen molar-refractivity contribution in [1.82, 2.24) is 5.32 Å². The number of aliphatic hydroxyl groups is 1. The second kappa shape index (κ2) is 4.10. The Hall–Kier alpha value is -0.290. The Morgan fingerprint density at radius 1 is 1.33 bits per heavy atom.